The molecule has 6 heteroatoms. The van der Waals surface area contributed by atoms with Crippen LogP contribution in [0.2, 0.25) is 0 Å². The zero-order valence-corrected chi connectivity index (χ0v) is 22.3. The molecule has 0 unspecified atom stereocenters. The lowest BCUT2D eigenvalue weighted by Crippen LogP contribution is -2.28. The van der Waals surface area contributed by atoms with E-state index in [2.05, 4.69) is 39.0 Å². The zero-order valence-electron chi connectivity index (χ0n) is 21.5. The highest BCUT2D eigenvalue weighted by molar-refractivity contribution is 8.18. The molecule has 186 valence electrons. The molecule has 4 rings (SSSR count). The molecule has 1 aliphatic rings. The van der Waals surface area contributed by atoms with E-state index in [-0.39, 0.29) is 5.91 Å². The molecule has 0 atom stereocenters. The summed E-state index contributed by atoms with van der Waals surface area (Å²) in [4.78, 5) is 20.3. The predicted octanol–water partition coefficient (Wildman–Crippen LogP) is 7.21. The van der Waals surface area contributed by atoms with Gasteiger partial charge in [0.15, 0.2) is 16.7 Å². The highest BCUT2D eigenvalue weighted by Crippen LogP contribution is 2.36. The molecule has 0 saturated carbocycles. The largest absolute Gasteiger partial charge is 0.490 e. The van der Waals surface area contributed by atoms with Gasteiger partial charge in [-0.1, -0.05) is 42.0 Å². The van der Waals surface area contributed by atoms with E-state index in [9.17, 15) is 4.79 Å². The average molecular weight is 501 g/mol. The van der Waals surface area contributed by atoms with Gasteiger partial charge in [0.1, 0.15) is 6.61 Å². The van der Waals surface area contributed by atoms with Crippen LogP contribution < -0.4 is 9.47 Å². The number of carbonyl (C=O) groups excluding carboxylic acids is 1. The van der Waals surface area contributed by atoms with E-state index in [1.165, 1.54) is 28.5 Å². The number of likely N-dealkylation sites (N-methyl/N-ethyl adjacent to an activating group) is 1. The summed E-state index contributed by atoms with van der Waals surface area (Å²) < 4.78 is 11.9. The van der Waals surface area contributed by atoms with Crippen molar-refractivity contribution in [2.45, 2.75) is 41.2 Å². The first-order valence-electron chi connectivity index (χ1n) is 12.2. The number of amidine groups is 1. The third-order valence-electron chi connectivity index (χ3n) is 5.96. The minimum Gasteiger partial charge on any atom is -0.490 e. The summed E-state index contributed by atoms with van der Waals surface area (Å²) in [6.45, 7) is 11.7. The van der Waals surface area contributed by atoms with Gasteiger partial charge in [0.25, 0.3) is 5.91 Å². The molecule has 3 aromatic carbocycles. The Balaban J connectivity index is 1.57. The first kappa shape index (κ1) is 25.6. The van der Waals surface area contributed by atoms with E-state index in [1.54, 1.807) is 4.90 Å². The van der Waals surface area contributed by atoms with Crippen LogP contribution in [0.25, 0.3) is 6.08 Å². The van der Waals surface area contributed by atoms with Crippen LogP contribution in [0.4, 0.5) is 5.69 Å². The fourth-order valence-electron chi connectivity index (χ4n) is 3.89. The normalized spacial score (nSPS) is 15.7. The van der Waals surface area contributed by atoms with Gasteiger partial charge in [0.05, 0.1) is 17.2 Å². The molecule has 5 nitrogen and oxygen atoms in total. The number of hydrogen-bond acceptors (Lipinski definition) is 5. The molecule has 36 heavy (non-hydrogen) atoms. The maximum absolute atomic E-state index is 13.1. The van der Waals surface area contributed by atoms with E-state index in [4.69, 9.17) is 14.5 Å². The van der Waals surface area contributed by atoms with Gasteiger partial charge in [-0.3, -0.25) is 9.69 Å². The summed E-state index contributed by atoms with van der Waals surface area (Å²) in [5.74, 6) is 1.30. The highest BCUT2D eigenvalue weighted by atomic mass is 32.2. The van der Waals surface area contributed by atoms with Crippen molar-refractivity contribution in [3.8, 4) is 11.5 Å². The molecule has 0 aliphatic carbocycles. The first-order chi connectivity index (χ1) is 17.4. The second-order valence-corrected chi connectivity index (χ2v) is 9.75. The van der Waals surface area contributed by atoms with Gasteiger partial charge >= 0.3 is 0 Å². The van der Waals surface area contributed by atoms with Gasteiger partial charge in [-0.25, -0.2) is 4.99 Å². The summed E-state index contributed by atoms with van der Waals surface area (Å²) in [6, 6.07) is 20.1. The molecule has 1 amide bonds. The van der Waals surface area contributed by atoms with Crippen LogP contribution in [0, 0.1) is 20.8 Å². The number of benzene rings is 3. The van der Waals surface area contributed by atoms with Crippen LogP contribution >= 0.6 is 11.8 Å². The third kappa shape index (κ3) is 6.00. The molecule has 1 aliphatic heterocycles. The summed E-state index contributed by atoms with van der Waals surface area (Å²) in [7, 11) is 0. The van der Waals surface area contributed by atoms with Gasteiger partial charge in [0.2, 0.25) is 0 Å². The minimum absolute atomic E-state index is 0.0391. The maximum Gasteiger partial charge on any atom is 0.266 e. The number of thioether (sulfide) groups is 1. The molecule has 1 saturated heterocycles. The lowest BCUT2D eigenvalue weighted by atomic mass is 10.1. The number of hydrogen-bond donors (Lipinski definition) is 0. The molecule has 0 bridgehead atoms. The Kier molecular flexibility index (Phi) is 8.16. The fraction of sp³-hybridized carbons (Fsp3) is 0.267. The summed E-state index contributed by atoms with van der Waals surface area (Å²) in [5, 5.41) is 0.695. The quantitative estimate of drug-likeness (QED) is 0.307. The predicted molar refractivity (Wildman–Crippen MR) is 149 cm³/mol. The van der Waals surface area contributed by atoms with Gasteiger partial charge in [-0.15, -0.1) is 0 Å². The number of ether oxygens (including phenoxy) is 2. The Hall–Kier alpha value is -3.51. The van der Waals surface area contributed by atoms with E-state index >= 15 is 0 Å². The second-order valence-electron chi connectivity index (χ2n) is 8.74. The Labute approximate surface area is 217 Å². The van der Waals surface area contributed by atoms with Gasteiger partial charge < -0.3 is 9.47 Å². The Morgan fingerprint density at radius 1 is 0.917 bits per heavy atom. The smallest absolute Gasteiger partial charge is 0.266 e. The van der Waals surface area contributed by atoms with Crippen molar-refractivity contribution in [1.29, 1.82) is 0 Å². The Bertz CT molecular complexity index is 1330. The monoisotopic (exact) mass is 500 g/mol. The van der Waals surface area contributed by atoms with Crippen molar-refractivity contribution in [2.24, 2.45) is 4.99 Å². The van der Waals surface area contributed by atoms with Crippen LogP contribution in [-0.2, 0) is 11.4 Å². The van der Waals surface area contributed by atoms with Crippen LogP contribution in [0.3, 0.4) is 0 Å². The summed E-state index contributed by atoms with van der Waals surface area (Å²) in [5.41, 5.74) is 6.43. The molecule has 1 heterocycles. The molecule has 3 aromatic rings. The van der Waals surface area contributed by atoms with E-state index in [0.29, 0.717) is 41.3 Å². The number of amides is 1. The topological polar surface area (TPSA) is 51.1 Å². The number of carbonyl (C=O) groups is 1. The molecule has 0 aromatic heterocycles. The minimum atomic E-state index is -0.0391. The molecular formula is C30H32N2O3S. The number of nitrogens with zero attached hydrogens (tertiary/aromatic N) is 2. The number of aryl methyl sites for hydroxylation is 3. The van der Waals surface area contributed by atoms with Crippen molar-refractivity contribution >= 4 is 34.6 Å². The van der Waals surface area contributed by atoms with Crippen molar-refractivity contribution in [3.05, 3.63) is 93.4 Å². The van der Waals surface area contributed by atoms with E-state index in [0.717, 1.165) is 16.8 Å². The number of aliphatic imine (C=N–C) groups is 1. The standard InChI is InChI=1S/C30H32N2O3S/c1-6-32-29(33)28(36-30(32)31-25-13-11-21(4)22(5)16-25)18-23-12-14-26(27(17-23)34-7-2)35-19-24-10-8-9-20(3)15-24/h8-18H,6-7,19H2,1-5H3. The van der Waals surface area contributed by atoms with Gasteiger partial charge in [-0.05, 0) is 99.0 Å². The molecule has 0 radical (unpaired) electrons. The van der Waals surface area contributed by atoms with Gasteiger partial charge in [0, 0.05) is 6.54 Å². The molecule has 0 spiro atoms. The van der Waals surface area contributed by atoms with Crippen LogP contribution in [-0.4, -0.2) is 29.1 Å². The van der Waals surface area contributed by atoms with Crippen molar-refractivity contribution in [2.75, 3.05) is 13.2 Å². The van der Waals surface area contributed by atoms with Crippen molar-refractivity contribution in [3.63, 3.8) is 0 Å². The highest BCUT2D eigenvalue weighted by Gasteiger charge is 2.32. The molecular weight excluding hydrogens is 468 g/mol. The number of rotatable bonds is 8. The van der Waals surface area contributed by atoms with Crippen LogP contribution in [0.5, 0.6) is 11.5 Å². The molecule has 0 N–H and O–H groups in total. The average Bonchev–Trinajstić information content (AvgIpc) is 3.14. The lowest BCUT2D eigenvalue weighted by Gasteiger charge is -2.13. The SMILES string of the molecule is CCOc1cc(C=C2SC(=Nc3ccc(C)c(C)c3)N(CC)C2=O)ccc1OCc1cccc(C)c1. The van der Waals surface area contributed by atoms with E-state index < -0.39 is 0 Å². The van der Waals surface area contributed by atoms with Gasteiger partial charge in [-0.2, -0.15) is 0 Å². The maximum atomic E-state index is 13.1. The third-order valence-corrected chi connectivity index (χ3v) is 6.97. The van der Waals surface area contributed by atoms with Crippen LogP contribution in [0.1, 0.15) is 41.7 Å². The summed E-state index contributed by atoms with van der Waals surface area (Å²) >= 11 is 1.40. The summed E-state index contributed by atoms with van der Waals surface area (Å²) in [6.07, 6.45) is 1.89. The van der Waals surface area contributed by atoms with E-state index in [1.807, 2.05) is 62.4 Å². The zero-order chi connectivity index (χ0) is 25.7. The Morgan fingerprint density at radius 3 is 2.47 bits per heavy atom. The fourth-order valence-corrected chi connectivity index (χ4v) is 4.95. The Morgan fingerprint density at radius 2 is 1.75 bits per heavy atom. The lowest BCUT2D eigenvalue weighted by molar-refractivity contribution is -0.122. The second kappa shape index (κ2) is 11.5. The molecule has 1 fully saturated rings. The first-order valence-corrected chi connectivity index (χ1v) is 13.0. The van der Waals surface area contributed by atoms with Crippen molar-refractivity contribution in [1.82, 2.24) is 4.90 Å². The van der Waals surface area contributed by atoms with Crippen molar-refractivity contribution < 1.29 is 14.3 Å². The van der Waals surface area contributed by atoms with Crippen LogP contribution in [0.15, 0.2) is 70.6 Å².